The monoisotopic (exact) mass is 950 g/mol. The molecule has 2 rings (SSSR count). The highest BCUT2D eigenvalue weighted by Crippen LogP contribution is 2.44. The highest BCUT2D eigenvalue weighted by atomic mass is 32.2. The minimum Gasteiger partial charge on any atom is -0.481 e. The van der Waals surface area contributed by atoms with Crippen molar-refractivity contribution in [1.29, 1.82) is 0 Å². The number of aliphatic carboxylic acids is 4. The van der Waals surface area contributed by atoms with E-state index < -0.39 is 94.9 Å². The number of thioether (sulfide) groups is 1. The molecule has 2 atom stereocenters. The number of rotatable bonds is 26. The lowest BCUT2D eigenvalue weighted by molar-refractivity contribution is -0.301. The van der Waals surface area contributed by atoms with Crippen molar-refractivity contribution in [2.45, 2.75) is 157 Å². The number of aliphatic hydroxyl groups is 1. The molecule has 2 aliphatic rings. The Bertz CT molecular complexity index is 1560. The van der Waals surface area contributed by atoms with Gasteiger partial charge in [0.25, 0.3) is 0 Å². The van der Waals surface area contributed by atoms with E-state index in [2.05, 4.69) is 0 Å². The second kappa shape index (κ2) is 29.5. The molecule has 1 aliphatic heterocycles. The maximum absolute atomic E-state index is 12.4. The summed E-state index contributed by atoms with van der Waals surface area (Å²) in [6, 6.07) is 0. The maximum Gasteiger partial charge on any atom is 0.317 e. The zero-order valence-corrected chi connectivity index (χ0v) is 40.5. The molecule has 1 saturated heterocycles. The molecule has 0 aromatic heterocycles. The molecule has 374 valence electrons. The van der Waals surface area contributed by atoms with Crippen LogP contribution in [0.25, 0.3) is 0 Å². The summed E-state index contributed by atoms with van der Waals surface area (Å²) in [6.45, 7) is 17.3. The average molecular weight is 951 g/mol. The Morgan fingerprint density at radius 3 is 1.58 bits per heavy atom. The third-order valence-corrected chi connectivity index (χ3v) is 12.8. The largest absolute Gasteiger partial charge is 0.481 e. The number of aliphatic hydroxyl groups excluding tert-OH is 1. The van der Waals surface area contributed by atoms with Crippen LogP contribution in [0.1, 0.15) is 146 Å². The van der Waals surface area contributed by atoms with Crippen molar-refractivity contribution in [3.63, 3.8) is 0 Å². The first-order valence-electron chi connectivity index (χ1n) is 22.0. The number of β-amino-alcohol motifs (C(OH)–C–C–N with tert-alkyl or cyclic N) is 1. The second-order valence-electron chi connectivity index (χ2n) is 18.1. The summed E-state index contributed by atoms with van der Waals surface area (Å²) in [5.41, 5.74) is -2.16. The first-order chi connectivity index (χ1) is 30.1. The molecular formula is C44H74N2O18S. The number of amides is 3. The van der Waals surface area contributed by atoms with E-state index >= 15 is 0 Å². The molecule has 0 spiro atoms. The number of carbonyl (C=O) groups excluding carboxylic acids is 5. The zero-order chi connectivity index (χ0) is 50.2. The lowest BCUT2D eigenvalue weighted by Gasteiger charge is -2.28. The summed E-state index contributed by atoms with van der Waals surface area (Å²) in [5, 5.41) is 44.5. The van der Waals surface area contributed by atoms with Crippen molar-refractivity contribution in [1.82, 2.24) is 9.80 Å². The zero-order valence-electron chi connectivity index (χ0n) is 39.6. The van der Waals surface area contributed by atoms with E-state index in [0.29, 0.717) is 49.7 Å². The number of hydrogen-bond acceptors (Lipinski definition) is 16. The molecule has 0 bridgehead atoms. The Morgan fingerprint density at radius 2 is 1.15 bits per heavy atom. The lowest BCUT2D eigenvalue weighted by atomic mass is 9.80. The van der Waals surface area contributed by atoms with E-state index in [0.717, 1.165) is 32.1 Å². The Kier molecular flexibility index (Phi) is 27.6. The van der Waals surface area contributed by atoms with Gasteiger partial charge in [0.2, 0.25) is 17.7 Å². The van der Waals surface area contributed by atoms with Gasteiger partial charge in [0, 0.05) is 37.2 Å². The third kappa shape index (κ3) is 23.7. The SMILES string of the molecule is CCC(C)(C)C(=O)N(C(=O)CCC(=O)O)C(=O)CCC(=O)O.CCC(C)(C)C(=O)OCC(O)CN1CSC(C(=O)O)C1.CCC(C)(C)C(=O)OCCOOCCC1(CC(=O)O)CCCC1. The van der Waals surface area contributed by atoms with Crippen molar-refractivity contribution >= 4 is 65.3 Å². The van der Waals surface area contributed by atoms with Gasteiger partial charge in [0.15, 0.2) is 0 Å². The lowest BCUT2D eigenvalue weighted by Crippen LogP contribution is -2.48. The van der Waals surface area contributed by atoms with Gasteiger partial charge in [-0.3, -0.25) is 48.1 Å². The van der Waals surface area contributed by atoms with Crippen molar-refractivity contribution in [3.8, 4) is 0 Å². The van der Waals surface area contributed by atoms with Crippen molar-refractivity contribution in [3.05, 3.63) is 0 Å². The molecule has 3 amide bonds. The van der Waals surface area contributed by atoms with E-state index in [1.807, 2.05) is 32.6 Å². The predicted molar refractivity (Wildman–Crippen MR) is 236 cm³/mol. The first kappa shape index (κ1) is 60.8. The summed E-state index contributed by atoms with van der Waals surface area (Å²) in [5.74, 6) is -6.63. The minimum absolute atomic E-state index is 0.0544. The Labute approximate surface area is 386 Å². The maximum atomic E-state index is 12.4. The molecule has 1 aliphatic carbocycles. The summed E-state index contributed by atoms with van der Waals surface area (Å²) in [6.07, 6.45) is 3.85. The Morgan fingerprint density at radius 1 is 0.677 bits per heavy atom. The van der Waals surface area contributed by atoms with E-state index in [-0.39, 0.29) is 43.6 Å². The highest BCUT2D eigenvalue weighted by Gasteiger charge is 2.38. The van der Waals surface area contributed by atoms with E-state index in [1.54, 1.807) is 34.6 Å². The van der Waals surface area contributed by atoms with Crippen LogP contribution in [0.2, 0.25) is 0 Å². The van der Waals surface area contributed by atoms with Crippen LogP contribution in [-0.4, -0.2) is 146 Å². The van der Waals surface area contributed by atoms with Gasteiger partial charge < -0.3 is 35.0 Å². The normalized spacial score (nSPS) is 16.4. The number of nitrogens with zero attached hydrogens (tertiary/aromatic N) is 2. The van der Waals surface area contributed by atoms with Gasteiger partial charge in [-0.05, 0) is 71.6 Å². The molecule has 20 nitrogen and oxygen atoms in total. The summed E-state index contributed by atoms with van der Waals surface area (Å²) >= 11 is 1.34. The van der Waals surface area contributed by atoms with Crippen LogP contribution in [0.15, 0.2) is 0 Å². The average Bonchev–Trinajstić information content (AvgIpc) is 3.91. The summed E-state index contributed by atoms with van der Waals surface area (Å²) in [4.78, 5) is 115. The summed E-state index contributed by atoms with van der Waals surface area (Å²) < 4.78 is 10.2. The molecule has 0 aromatic rings. The molecule has 0 aromatic carbocycles. The fourth-order valence-electron chi connectivity index (χ4n) is 5.99. The number of ether oxygens (including phenoxy) is 2. The summed E-state index contributed by atoms with van der Waals surface area (Å²) in [7, 11) is 0. The number of imide groups is 3. The van der Waals surface area contributed by atoms with E-state index in [9.17, 15) is 48.3 Å². The van der Waals surface area contributed by atoms with Crippen molar-refractivity contribution in [2.24, 2.45) is 21.7 Å². The van der Waals surface area contributed by atoms with Crippen LogP contribution in [0.3, 0.4) is 0 Å². The molecule has 0 radical (unpaired) electrons. The van der Waals surface area contributed by atoms with Gasteiger partial charge in [-0.25, -0.2) is 14.7 Å². The predicted octanol–water partition coefficient (Wildman–Crippen LogP) is 5.16. The Balaban J connectivity index is 0.000000947. The minimum atomic E-state index is -1.23. The van der Waals surface area contributed by atoms with Crippen molar-refractivity contribution < 1.29 is 87.9 Å². The third-order valence-electron chi connectivity index (χ3n) is 11.6. The van der Waals surface area contributed by atoms with E-state index in [1.165, 1.54) is 11.8 Å². The van der Waals surface area contributed by atoms with Gasteiger partial charge in [-0.15, -0.1) is 11.8 Å². The molecule has 1 heterocycles. The quantitative estimate of drug-likeness (QED) is 0.0324. The fourth-order valence-corrected chi connectivity index (χ4v) is 7.05. The highest BCUT2D eigenvalue weighted by molar-refractivity contribution is 8.00. The Hall–Kier alpha value is -4.18. The van der Waals surface area contributed by atoms with Crippen LogP contribution >= 0.6 is 11.8 Å². The van der Waals surface area contributed by atoms with Crippen LogP contribution in [-0.2, 0) is 62.4 Å². The molecule has 65 heavy (non-hydrogen) atoms. The van der Waals surface area contributed by atoms with Crippen LogP contribution in [0.5, 0.6) is 0 Å². The molecule has 21 heteroatoms. The molecule has 2 unspecified atom stereocenters. The molecule has 2 fully saturated rings. The molecule has 1 saturated carbocycles. The number of hydrogen-bond donors (Lipinski definition) is 5. The first-order valence-corrected chi connectivity index (χ1v) is 23.0. The molecule has 5 N–H and O–H groups in total. The van der Waals surface area contributed by atoms with Gasteiger partial charge in [0.05, 0.1) is 36.7 Å². The topological polar surface area (TPSA) is 298 Å². The van der Waals surface area contributed by atoms with Gasteiger partial charge in [-0.1, -0.05) is 47.5 Å². The van der Waals surface area contributed by atoms with Gasteiger partial charge in [0.1, 0.15) is 31.2 Å². The number of carboxylic acid groups (broad SMARTS) is 4. The smallest absolute Gasteiger partial charge is 0.317 e. The second-order valence-corrected chi connectivity index (χ2v) is 19.3. The van der Waals surface area contributed by atoms with E-state index in [4.69, 9.17) is 39.7 Å². The standard InChI is InChI=1S/C17H30O6.C14H21NO7.C13H23NO5S/c1-4-16(2,3)15(20)21-11-12-23-22-10-9-17(13-14(18)19)7-5-6-8-17;1-4-14(2,3)13(22)15(9(16)5-7-11(18)19)10(17)6-8-12(20)21;1-4-13(2,3)12(18)19-7-9(15)5-14-6-10(11(16)17)20-8-14/h4-13H2,1-3H3,(H,18,19);4-8H2,1-3H3,(H,18,19)(H,20,21);9-10,15H,4-8H2,1-3H3,(H,16,17). The fraction of sp³-hybridized carbons (Fsp3) is 0.795. The molecular weight excluding hydrogens is 877 g/mol. The van der Waals surface area contributed by atoms with Crippen LogP contribution in [0.4, 0.5) is 0 Å². The number of carbonyl (C=O) groups is 9. The number of esters is 2. The van der Waals surface area contributed by atoms with Crippen molar-refractivity contribution in [2.75, 3.05) is 45.4 Å². The van der Waals surface area contributed by atoms with Gasteiger partial charge >= 0.3 is 35.8 Å². The number of carboxylic acids is 4. The van der Waals surface area contributed by atoms with Crippen LogP contribution in [0, 0.1) is 21.7 Å². The van der Waals surface area contributed by atoms with Gasteiger partial charge in [-0.2, -0.15) is 0 Å². The van der Waals surface area contributed by atoms with Crippen LogP contribution < -0.4 is 0 Å².